The molecule has 1 aromatic rings. The summed E-state index contributed by atoms with van der Waals surface area (Å²) in [6.07, 6.45) is 1.00. The molecule has 1 fully saturated rings. The van der Waals surface area contributed by atoms with Gasteiger partial charge >= 0.3 is 0 Å². The summed E-state index contributed by atoms with van der Waals surface area (Å²) in [5.41, 5.74) is 7.22. The normalized spacial score (nSPS) is 20.2. The molecule has 2 atom stereocenters. The van der Waals surface area contributed by atoms with Gasteiger partial charge in [0.05, 0.1) is 13.2 Å². The van der Waals surface area contributed by atoms with Gasteiger partial charge in [-0.1, -0.05) is 26.0 Å². The molecule has 0 bridgehead atoms. The molecule has 0 aromatic heterocycles. The van der Waals surface area contributed by atoms with E-state index in [4.69, 9.17) is 10.5 Å². The summed E-state index contributed by atoms with van der Waals surface area (Å²) in [7, 11) is 1.66. The Morgan fingerprint density at radius 2 is 2.00 bits per heavy atom. The van der Waals surface area contributed by atoms with E-state index in [9.17, 15) is 4.79 Å². The molecular weight excluding hydrogens is 252 g/mol. The number of carbonyl (C=O) groups is 1. The lowest BCUT2D eigenvalue weighted by atomic mass is 9.98. The summed E-state index contributed by atoms with van der Waals surface area (Å²) in [5.74, 6) is 1.53. The van der Waals surface area contributed by atoms with Gasteiger partial charge in [0.2, 0.25) is 5.91 Å². The minimum Gasteiger partial charge on any atom is -0.497 e. The third kappa shape index (κ3) is 3.12. The first-order valence-corrected chi connectivity index (χ1v) is 7.21. The maximum Gasteiger partial charge on any atom is 0.239 e. The van der Waals surface area contributed by atoms with Gasteiger partial charge < -0.3 is 15.4 Å². The van der Waals surface area contributed by atoms with E-state index >= 15 is 0 Å². The van der Waals surface area contributed by atoms with Gasteiger partial charge in [0.25, 0.3) is 0 Å². The highest BCUT2D eigenvalue weighted by molar-refractivity contribution is 5.82. The summed E-state index contributed by atoms with van der Waals surface area (Å²) in [4.78, 5) is 14.1. The molecule has 1 amide bonds. The summed E-state index contributed by atoms with van der Waals surface area (Å²) < 4.78 is 5.17. The van der Waals surface area contributed by atoms with Crippen molar-refractivity contribution in [2.75, 3.05) is 20.2 Å². The summed E-state index contributed by atoms with van der Waals surface area (Å²) in [6, 6.07) is 7.73. The molecule has 1 unspecified atom stereocenters. The maximum absolute atomic E-state index is 12.2. The largest absolute Gasteiger partial charge is 0.497 e. The van der Waals surface area contributed by atoms with E-state index in [-0.39, 0.29) is 17.9 Å². The minimum atomic E-state index is -0.385. The lowest BCUT2D eigenvalue weighted by Gasteiger charge is -2.23. The monoisotopic (exact) mass is 276 g/mol. The van der Waals surface area contributed by atoms with Crippen LogP contribution in [0.3, 0.4) is 0 Å². The van der Waals surface area contributed by atoms with E-state index in [1.54, 1.807) is 7.11 Å². The van der Waals surface area contributed by atoms with Gasteiger partial charge in [-0.3, -0.25) is 4.79 Å². The van der Waals surface area contributed by atoms with Crippen molar-refractivity contribution >= 4 is 5.91 Å². The van der Waals surface area contributed by atoms with Gasteiger partial charge in [-0.05, 0) is 30.0 Å². The van der Waals surface area contributed by atoms with Gasteiger partial charge in [0.1, 0.15) is 5.75 Å². The highest BCUT2D eigenvalue weighted by Gasteiger charge is 2.31. The number of likely N-dealkylation sites (tertiary alicyclic amines) is 1. The van der Waals surface area contributed by atoms with Gasteiger partial charge in [0.15, 0.2) is 0 Å². The van der Waals surface area contributed by atoms with E-state index in [1.807, 2.05) is 30.9 Å². The zero-order valence-electron chi connectivity index (χ0n) is 12.5. The molecule has 1 aliphatic heterocycles. The van der Waals surface area contributed by atoms with Crippen molar-refractivity contribution in [1.29, 1.82) is 0 Å². The molecule has 0 radical (unpaired) electrons. The minimum absolute atomic E-state index is 0.0796. The smallest absolute Gasteiger partial charge is 0.239 e. The van der Waals surface area contributed by atoms with Crippen LogP contribution in [-0.4, -0.2) is 37.0 Å². The number of amides is 1. The van der Waals surface area contributed by atoms with Crippen LogP contribution in [0.5, 0.6) is 5.75 Å². The molecular formula is C16H24N2O2. The number of rotatable bonds is 4. The lowest BCUT2D eigenvalue weighted by molar-refractivity contribution is -0.132. The molecule has 0 aliphatic carbocycles. The summed E-state index contributed by atoms with van der Waals surface area (Å²) >= 11 is 0. The SMILES string of the molecule is COc1ccc(C2CCN(C(=O)[C@@H](N)C(C)C)C2)cc1. The highest BCUT2D eigenvalue weighted by Crippen LogP contribution is 2.29. The van der Waals surface area contributed by atoms with Crippen LogP contribution in [0, 0.1) is 5.92 Å². The number of methoxy groups -OCH3 is 1. The van der Waals surface area contributed by atoms with Crippen LogP contribution in [0.4, 0.5) is 0 Å². The maximum atomic E-state index is 12.2. The van der Waals surface area contributed by atoms with Crippen molar-refractivity contribution in [1.82, 2.24) is 4.90 Å². The zero-order chi connectivity index (χ0) is 14.7. The Bertz CT molecular complexity index is 456. The number of hydrogen-bond acceptors (Lipinski definition) is 3. The molecule has 1 saturated heterocycles. The predicted molar refractivity (Wildman–Crippen MR) is 79.7 cm³/mol. The Balaban J connectivity index is 1.99. The highest BCUT2D eigenvalue weighted by atomic mass is 16.5. The summed E-state index contributed by atoms with van der Waals surface area (Å²) in [6.45, 7) is 5.54. The van der Waals surface area contributed by atoms with Gasteiger partial charge in [0, 0.05) is 19.0 Å². The molecule has 4 heteroatoms. The second kappa shape index (κ2) is 6.27. The van der Waals surface area contributed by atoms with E-state index < -0.39 is 0 Å². The van der Waals surface area contributed by atoms with Crippen molar-refractivity contribution in [3.63, 3.8) is 0 Å². The summed E-state index contributed by atoms with van der Waals surface area (Å²) in [5, 5.41) is 0. The molecule has 20 heavy (non-hydrogen) atoms. The van der Waals surface area contributed by atoms with Gasteiger partial charge in [-0.15, -0.1) is 0 Å². The first kappa shape index (κ1) is 14.9. The Kier molecular flexibility index (Phi) is 4.65. The van der Waals surface area contributed by atoms with Crippen molar-refractivity contribution in [2.24, 2.45) is 11.7 Å². The third-order valence-corrected chi connectivity index (χ3v) is 4.09. The van der Waals surface area contributed by atoms with Crippen LogP contribution in [0.2, 0.25) is 0 Å². The molecule has 0 spiro atoms. The Labute approximate surface area is 120 Å². The first-order valence-electron chi connectivity index (χ1n) is 7.21. The zero-order valence-corrected chi connectivity index (χ0v) is 12.5. The Hall–Kier alpha value is -1.55. The van der Waals surface area contributed by atoms with Crippen molar-refractivity contribution < 1.29 is 9.53 Å². The van der Waals surface area contributed by atoms with E-state index in [0.29, 0.717) is 5.92 Å². The van der Waals surface area contributed by atoms with Crippen LogP contribution in [0.25, 0.3) is 0 Å². The van der Waals surface area contributed by atoms with E-state index in [1.165, 1.54) is 5.56 Å². The lowest BCUT2D eigenvalue weighted by Crippen LogP contribution is -2.45. The number of carbonyl (C=O) groups excluding carboxylic acids is 1. The molecule has 0 saturated carbocycles. The molecule has 1 heterocycles. The quantitative estimate of drug-likeness (QED) is 0.915. The van der Waals surface area contributed by atoms with Crippen LogP contribution in [0.1, 0.15) is 31.7 Å². The van der Waals surface area contributed by atoms with E-state index in [0.717, 1.165) is 25.3 Å². The number of nitrogens with two attached hydrogens (primary N) is 1. The fourth-order valence-electron chi connectivity index (χ4n) is 2.60. The van der Waals surface area contributed by atoms with Crippen molar-refractivity contribution in [3.05, 3.63) is 29.8 Å². The molecule has 4 nitrogen and oxygen atoms in total. The first-order chi connectivity index (χ1) is 9.52. The average Bonchev–Trinajstić information content (AvgIpc) is 2.95. The second-order valence-electron chi connectivity index (χ2n) is 5.81. The topological polar surface area (TPSA) is 55.6 Å². The molecule has 110 valence electrons. The van der Waals surface area contributed by atoms with E-state index in [2.05, 4.69) is 12.1 Å². The standard InChI is InChI=1S/C16H24N2O2/c1-11(2)15(17)16(19)18-9-8-13(10-18)12-4-6-14(20-3)7-5-12/h4-7,11,13,15H,8-10,17H2,1-3H3/t13?,15-/m0/s1. The molecule has 1 aliphatic rings. The predicted octanol–water partition coefficient (Wildman–Crippen LogP) is 1.99. The number of benzene rings is 1. The number of ether oxygens (including phenoxy) is 1. The molecule has 2 N–H and O–H groups in total. The van der Waals surface area contributed by atoms with Crippen LogP contribution >= 0.6 is 0 Å². The fourth-order valence-corrected chi connectivity index (χ4v) is 2.60. The van der Waals surface area contributed by atoms with Crippen LogP contribution < -0.4 is 10.5 Å². The average molecular weight is 276 g/mol. The van der Waals surface area contributed by atoms with Crippen molar-refractivity contribution in [3.8, 4) is 5.75 Å². The second-order valence-corrected chi connectivity index (χ2v) is 5.81. The molecule has 1 aromatic carbocycles. The third-order valence-electron chi connectivity index (χ3n) is 4.09. The fraction of sp³-hybridized carbons (Fsp3) is 0.562. The van der Waals surface area contributed by atoms with Crippen LogP contribution in [0.15, 0.2) is 24.3 Å². The molecule has 2 rings (SSSR count). The number of hydrogen-bond donors (Lipinski definition) is 1. The van der Waals surface area contributed by atoms with Crippen LogP contribution in [-0.2, 0) is 4.79 Å². The van der Waals surface area contributed by atoms with Gasteiger partial charge in [-0.25, -0.2) is 0 Å². The number of nitrogens with zero attached hydrogens (tertiary/aromatic N) is 1. The Morgan fingerprint density at radius 3 is 2.55 bits per heavy atom. The Morgan fingerprint density at radius 1 is 1.35 bits per heavy atom. The van der Waals surface area contributed by atoms with Gasteiger partial charge in [-0.2, -0.15) is 0 Å². The van der Waals surface area contributed by atoms with Crippen molar-refractivity contribution in [2.45, 2.75) is 32.2 Å².